The maximum absolute atomic E-state index is 12.8. The quantitative estimate of drug-likeness (QED) is 0.182. The highest BCUT2D eigenvalue weighted by Gasteiger charge is 2.34. The zero-order chi connectivity index (χ0) is 31.0. The van der Waals surface area contributed by atoms with Crippen LogP contribution in [0.4, 0.5) is 0 Å². The summed E-state index contributed by atoms with van der Waals surface area (Å²) in [7, 11) is -5.23. The van der Waals surface area contributed by atoms with Crippen molar-refractivity contribution < 1.29 is 31.7 Å². The fourth-order valence-corrected chi connectivity index (χ4v) is 6.57. The summed E-state index contributed by atoms with van der Waals surface area (Å²) in [6.07, 6.45) is 0.725. The van der Waals surface area contributed by atoms with Gasteiger partial charge in [0.25, 0.3) is 0 Å². The Hall–Kier alpha value is -3.34. The molecule has 0 fully saturated rings. The van der Waals surface area contributed by atoms with Gasteiger partial charge < -0.3 is 9.47 Å². The van der Waals surface area contributed by atoms with Gasteiger partial charge in [-0.3, -0.25) is 13.8 Å². The van der Waals surface area contributed by atoms with Crippen molar-refractivity contribution in [3.8, 4) is 11.5 Å². The van der Waals surface area contributed by atoms with Crippen LogP contribution in [0, 0.1) is 10.8 Å². The second kappa shape index (κ2) is 14.2. The fraction of sp³-hybridized carbons (Fsp3) is 0.375. The van der Waals surface area contributed by atoms with E-state index in [-0.39, 0.29) is 24.6 Å². The third kappa shape index (κ3) is 9.89. The van der Waals surface area contributed by atoms with Gasteiger partial charge >= 0.3 is 11.9 Å². The van der Waals surface area contributed by atoms with Crippen LogP contribution < -0.4 is 14.6 Å². The molecule has 3 aromatic carbocycles. The van der Waals surface area contributed by atoms with E-state index in [4.69, 9.17) is 14.6 Å². The van der Waals surface area contributed by atoms with Crippen LogP contribution in [-0.2, 0) is 36.2 Å². The second-order valence-electron chi connectivity index (χ2n) is 11.6. The van der Waals surface area contributed by atoms with Crippen LogP contribution in [0.3, 0.4) is 0 Å². The molecule has 0 bridgehead atoms. The molecule has 8 nitrogen and oxygen atoms in total. The summed E-state index contributed by atoms with van der Waals surface area (Å²) >= 11 is 0. The van der Waals surface area contributed by atoms with E-state index in [1.165, 1.54) is 0 Å². The molecule has 3 aromatic rings. The van der Waals surface area contributed by atoms with E-state index in [1.54, 1.807) is 100 Å². The van der Waals surface area contributed by atoms with Gasteiger partial charge in [-0.05, 0) is 82.3 Å². The SMILES string of the molecule is CC(C)(CCC(c1ccc(CS(=O)CCC(C)(C)C(=O)Oc2ccccc2)cc1)S(N)(=O)=O)C(=O)Oc1ccccc1. The summed E-state index contributed by atoms with van der Waals surface area (Å²) < 4.78 is 48.7. The highest BCUT2D eigenvalue weighted by atomic mass is 32.2. The van der Waals surface area contributed by atoms with Crippen LogP contribution in [0.15, 0.2) is 84.9 Å². The summed E-state index contributed by atoms with van der Waals surface area (Å²) in [5, 5.41) is 4.57. The standard InChI is InChI=1S/C32H39NO7S2/c1-31(2,29(34)39-26-11-7-5-8-12-26)20-19-28(42(33,37)38)25-17-15-24(16-18-25)23-41(36)22-21-32(3,4)30(35)40-27-13-9-6-10-14-27/h5-18,28H,19-23H2,1-4H3,(H2,33,37,38). The molecule has 2 unspecified atom stereocenters. The Balaban J connectivity index is 1.57. The van der Waals surface area contributed by atoms with E-state index in [9.17, 15) is 22.2 Å². The topological polar surface area (TPSA) is 130 Å². The Labute approximate surface area is 251 Å². The van der Waals surface area contributed by atoms with E-state index in [2.05, 4.69) is 0 Å². The van der Waals surface area contributed by atoms with Crippen molar-refractivity contribution in [2.24, 2.45) is 16.0 Å². The number of benzene rings is 3. The summed E-state index contributed by atoms with van der Waals surface area (Å²) in [4.78, 5) is 25.4. The van der Waals surface area contributed by atoms with Crippen molar-refractivity contribution in [3.05, 3.63) is 96.1 Å². The molecule has 226 valence electrons. The number of hydrogen-bond acceptors (Lipinski definition) is 7. The molecule has 2 N–H and O–H groups in total. The lowest BCUT2D eigenvalue weighted by atomic mass is 9.86. The number of rotatable bonds is 14. The monoisotopic (exact) mass is 613 g/mol. The highest BCUT2D eigenvalue weighted by molar-refractivity contribution is 7.89. The number of sulfonamides is 1. The lowest BCUT2D eigenvalue weighted by Crippen LogP contribution is -2.31. The maximum atomic E-state index is 12.8. The molecule has 0 aliphatic rings. The minimum absolute atomic E-state index is 0.120. The summed E-state index contributed by atoms with van der Waals surface area (Å²) in [6.45, 7) is 6.94. The number of hydrogen-bond donors (Lipinski definition) is 1. The first-order valence-corrected chi connectivity index (χ1v) is 16.8. The third-order valence-electron chi connectivity index (χ3n) is 7.07. The molecule has 0 aromatic heterocycles. The minimum atomic E-state index is -3.97. The molecule has 0 spiro atoms. The highest BCUT2D eigenvalue weighted by Crippen LogP contribution is 2.33. The Morgan fingerprint density at radius 3 is 1.67 bits per heavy atom. The van der Waals surface area contributed by atoms with Crippen LogP contribution in [0.5, 0.6) is 11.5 Å². The first-order valence-electron chi connectivity index (χ1n) is 13.7. The smallest absolute Gasteiger partial charge is 0.316 e. The lowest BCUT2D eigenvalue weighted by Gasteiger charge is -2.25. The molecule has 0 saturated heterocycles. The largest absolute Gasteiger partial charge is 0.426 e. The van der Waals surface area contributed by atoms with Crippen molar-refractivity contribution in [2.75, 3.05) is 5.75 Å². The fourth-order valence-electron chi connectivity index (χ4n) is 4.14. The Morgan fingerprint density at radius 1 is 0.762 bits per heavy atom. The van der Waals surface area contributed by atoms with Crippen molar-refractivity contribution in [3.63, 3.8) is 0 Å². The van der Waals surface area contributed by atoms with Crippen LogP contribution in [-0.4, -0.2) is 30.3 Å². The van der Waals surface area contributed by atoms with Gasteiger partial charge in [0.2, 0.25) is 10.0 Å². The summed E-state index contributed by atoms with van der Waals surface area (Å²) in [6, 6.07) is 24.3. The normalized spacial score (nSPS) is 13.6. The maximum Gasteiger partial charge on any atom is 0.316 e. The van der Waals surface area contributed by atoms with E-state index < -0.39 is 42.9 Å². The van der Waals surface area contributed by atoms with Gasteiger partial charge in [-0.2, -0.15) is 0 Å². The molecule has 2 atom stereocenters. The van der Waals surface area contributed by atoms with Crippen LogP contribution in [0.25, 0.3) is 0 Å². The molecular weight excluding hydrogens is 574 g/mol. The molecule has 42 heavy (non-hydrogen) atoms. The second-order valence-corrected chi connectivity index (χ2v) is 14.9. The average Bonchev–Trinajstić information content (AvgIpc) is 2.93. The van der Waals surface area contributed by atoms with E-state index in [0.29, 0.717) is 29.2 Å². The van der Waals surface area contributed by atoms with E-state index >= 15 is 0 Å². The lowest BCUT2D eigenvalue weighted by molar-refractivity contribution is -0.145. The Kier molecular flexibility index (Phi) is 11.2. The van der Waals surface area contributed by atoms with Gasteiger partial charge in [0, 0.05) is 22.3 Å². The number of carbonyl (C=O) groups is 2. The van der Waals surface area contributed by atoms with Crippen LogP contribution in [0.1, 0.15) is 63.3 Å². The molecule has 3 rings (SSSR count). The van der Waals surface area contributed by atoms with Crippen LogP contribution in [0.2, 0.25) is 0 Å². The Bertz CT molecular complexity index is 1470. The predicted octanol–water partition coefficient (Wildman–Crippen LogP) is 5.70. The number of primary sulfonamides is 1. The van der Waals surface area contributed by atoms with Crippen molar-refractivity contribution in [1.29, 1.82) is 0 Å². The number of esters is 2. The van der Waals surface area contributed by atoms with E-state index in [1.807, 2.05) is 12.1 Å². The number of carbonyl (C=O) groups excluding carboxylic acids is 2. The minimum Gasteiger partial charge on any atom is -0.426 e. The van der Waals surface area contributed by atoms with Gasteiger partial charge in [0.1, 0.15) is 16.7 Å². The molecule has 0 saturated carbocycles. The zero-order valence-corrected chi connectivity index (χ0v) is 26.1. The summed E-state index contributed by atoms with van der Waals surface area (Å²) in [5.41, 5.74) is -0.512. The van der Waals surface area contributed by atoms with Crippen molar-refractivity contribution >= 4 is 32.8 Å². The number of ether oxygens (including phenoxy) is 2. The van der Waals surface area contributed by atoms with E-state index in [0.717, 1.165) is 5.56 Å². The molecule has 0 radical (unpaired) electrons. The van der Waals surface area contributed by atoms with Gasteiger partial charge in [0.05, 0.1) is 10.8 Å². The molecule has 0 aliphatic carbocycles. The van der Waals surface area contributed by atoms with Crippen LogP contribution >= 0.6 is 0 Å². The first kappa shape index (κ1) is 33.2. The van der Waals surface area contributed by atoms with Gasteiger partial charge in [-0.25, -0.2) is 13.6 Å². The number of para-hydroxylation sites is 2. The molecule has 0 amide bonds. The summed E-state index contributed by atoms with van der Waals surface area (Å²) in [5.74, 6) is 0.582. The predicted molar refractivity (Wildman–Crippen MR) is 165 cm³/mol. The molecule has 0 heterocycles. The molecule has 10 heteroatoms. The third-order valence-corrected chi connectivity index (χ3v) is 9.69. The number of nitrogens with two attached hydrogens (primary N) is 1. The van der Waals surface area contributed by atoms with Gasteiger partial charge in [0.15, 0.2) is 0 Å². The average molecular weight is 614 g/mol. The first-order chi connectivity index (χ1) is 19.7. The van der Waals surface area contributed by atoms with Gasteiger partial charge in [-0.15, -0.1) is 0 Å². The van der Waals surface area contributed by atoms with Crippen molar-refractivity contribution in [2.45, 2.75) is 58.0 Å². The zero-order valence-electron chi connectivity index (χ0n) is 24.4. The van der Waals surface area contributed by atoms with Gasteiger partial charge in [-0.1, -0.05) is 60.7 Å². The van der Waals surface area contributed by atoms with Crippen molar-refractivity contribution in [1.82, 2.24) is 0 Å². The Morgan fingerprint density at radius 2 is 1.21 bits per heavy atom. The molecular formula is C32H39NO7S2. The molecule has 0 aliphatic heterocycles.